The lowest BCUT2D eigenvalue weighted by Crippen LogP contribution is -2.38. The number of nitrogens with one attached hydrogen (secondary N) is 1. The summed E-state index contributed by atoms with van der Waals surface area (Å²) in [5.41, 5.74) is 2.07. The van der Waals surface area contributed by atoms with E-state index in [0.29, 0.717) is 5.56 Å². The van der Waals surface area contributed by atoms with E-state index in [0.717, 1.165) is 4.57 Å². The van der Waals surface area contributed by atoms with Crippen molar-refractivity contribution in [2.24, 2.45) is 19.2 Å². The number of imidazole rings is 1. The molecule has 13 heteroatoms. The van der Waals surface area contributed by atoms with Gasteiger partial charge in [0, 0.05) is 26.6 Å². The number of hydrogen-bond acceptors (Lipinski definition) is 9. The Morgan fingerprint density at radius 2 is 1.76 bits per heavy atom. The molecule has 0 aliphatic heterocycles. The molecule has 0 saturated carbocycles. The van der Waals surface area contributed by atoms with Crippen molar-refractivity contribution in [3.63, 3.8) is 0 Å². The summed E-state index contributed by atoms with van der Waals surface area (Å²) in [4.78, 5) is 52.2. The lowest BCUT2D eigenvalue weighted by atomic mass is 10.2. The molecule has 13 nitrogen and oxygen atoms in total. The van der Waals surface area contributed by atoms with E-state index in [1.165, 1.54) is 56.9 Å². The summed E-state index contributed by atoms with van der Waals surface area (Å²) in [5, 5.41) is 3.90. The average Bonchev–Trinajstić information content (AvgIpc) is 3.20. The van der Waals surface area contributed by atoms with E-state index in [2.05, 4.69) is 15.5 Å². The first-order chi connectivity index (χ1) is 15.7. The van der Waals surface area contributed by atoms with Crippen LogP contribution < -0.4 is 30.9 Å². The Morgan fingerprint density at radius 1 is 1.12 bits per heavy atom. The maximum atomic E-state index is 12.5. The molecule has 2 heterocycles. The second-order valence-electron chi connectivity index (χ2n) is 6.89. The van der Waals surface area contributed by atoms with Crippen LogP contribution in [0.15, 0.2) is 33.2 Å². The summed E-state index contributed by atoms with van der Waals surface area (Å²) in [6, 6.07) is 3.09. The van der Waals surface area contributed by atoms with Gasteiger partial charge in [-0.1, -0.05) is 0 Å². The molecule has 0 spiro atoms. The zero-order chi connectivity index (χ0) is 24.3. The fourth-order valence-electron chi connectivity index (χ4n) is 3.10. The zero-order valence-electron chi connectivity index (χ0n) is 18.6. The van der Waals surface area contributed by atoms with Crippen molar-refractivity contribution in [1.82, 2.24) is 24.1 Å². The summed E-state index contributed by atoms with van der Waals surface area (Å²) < 4.78 is 19.1. The van der Waals surface area contributed by atoms with Crippen LogP contribution in [0.2, 0.25) is 0 Å². The number of hydrogen-bond donors (Lipinski definition) is 1. The number of aromatic nitrogens is 4. The van der Waals surface area contributed by atoms with E-state index in [1.807, 2.05) is 0 Å². The second kappa shape index (κ2) is 9.38. The molecule has 1 amide bonds. The van der Waals surface area contributed by atoms with Gasteiger partial charge >= 0.3 is 11.7 Å². The highest BCUT2D eigenvalue weighted by molar-refractivity contribution is 5.85. The fourth-order valence-corrected chi connectivity index (χ4v) is 3.10. The van der Waals surface area contributed by atoms with E-state index >= 15 is 0 Å². The molecule has 1 aromatic carbocycles. The third-order valence-corrected chi connectivity index (χ3v) is 4.66. The number of methoxy groups -OCH3 is 2. The van der Waals surface area contributed by atoms with Crippen LogP contribution in [0, 0.1) is 0 Å². The maximum Gasteiger partial charge on any atom is 0.332 e. The molecule has 0 fully saturated rings. The van der Waals surface area contributed by atoms with Gasteiger partial charge in [0.1, 0.15) is 6.54 Å². The third-order valence-electron chi connectivity index (χ3n) is 4.66. The molecule has 0 bridgehead atoms. The quantitative estimate of drug-likeness (QED) is 0.216. The first-order valence-electron chi connectivity index (χ1n) is 9.55. The van der Waals surface area contributed by atoms with E-state index in [-0.39, 0.29) is 35.0 Å². The first kappa shape index (κ1) is 23.2. The molecule has 174 valence electrons. The number of aryl methyl sites for hydroxylation is 1. The van der Waals surface area contributed by atoms with Crippen molar-refractivity contribution in [3.05, 3.63) is 44.9 Å². The van der Waals surface area contributed by atoms with Crippen LogP contribution in [0.4, 0.5) is 0 Å². The molecule has 33 heavy (non-hydrogen) atoms. The first-order valence-corrected chi connectivity index (χ1v) is 9.55. The van der Waals surface area contributed by atoms with Gasteiger partial charge in [-0.3, -0.25) is 23.5 Å². The summed E-state index contributed by atoms with van der Waals surface area (Å²) in [7, 11) is 5.64. The minimum Gasteiger partial charge on any atom is -0.493 e. The van der Waals surface area contributed by atoms with Crippen molar-refractivity contribution in [3.8, 4) is 17.2 Å². The van der Waals surface area contributed by atoms with Crippen LogP contribution >= 0.6 is 0 Å². The monoisotopic (exact) mass is 458 g/mol. The van der Waals surface area contributed by atoms with Crippen LogP contribution in [0.5, 0.6) is 17.2 Å². The van der Waals surface area contributed by atoms with Gasteiger partial charge in [-0.05, 0) is 12.1 Å². The van der Waals surface area contributed by atoms with Gasteiger partial charge in [0.15, 0.2) is 22.7 Å². The van der Waals surface area contributed by atoms with Gasteiger partial charge in [0.25, 0.3) is 11.5 Å². The molecule has 1 N–H and O–H groups in total. The van der Waals surface area contributed by atoms with Gasteiger partial charge in [0.05, 0.1) is 26.8 Å². The highest BCUT2D eigenvalue weighted by Gasteiger charge is 2.17. The number of esters is 1. The molecule has 0 unspecified atom stereocenters. The molecule has 3 aromatic rings. The number of nitrogens with zero attached hydrogens (tertiary/aromatic N) is 5. The van der Waals surface area contributed by atoms with Crippen LogP contribution in [0.25, 0.3) is 11.2 Å². The zero-order valence-corrected chi connectivity index (χ0v) is 18.6. The highest BCUT2D eigenvalue weighted by atomic mass is 16.6. The van der Waals surface area contributed by atoms with Crippen molar-refractivity contribution in [1.29, 1.82) is 0 Å². The molecule has 2 aromatic heterocycles. The Morgan fingerprint density at radius 3 is 2.33 bits per heavy atom. The van der Waals surface area contributed by atoms with Gasteiger partial charge < -0.3 is 18.8 Å². The molecule has 3 rings (SSSR count). The van der Waals surface area contributed by atoms with E-state index in [9.17, 15) is 19.2 Å². The molecule has 0 aliphatic rings. The molecule has 0 atom stereocenters. The Bertz CT molecular complexity index is 1360. The summed E-state index contributed by atoms with van der Waals surface area (Å²) in [6.45, 7) is 1.00. The highest BCUT2D eigenvalue weighted by Crippen LogP contribution is 2.38. The van der Waals surface area contributed by atoms with Crippen LogP contribution in [0.1, 0.15) is 12.5 Å². The lowest BCUT2D eigenvalue weighted by Gasteiger charge is -2.13. The molecule has 0 radical (unpaired) electrons. The SMILES string of the molecule is COc1cc(C=NNC(=O)Cn2cnc3c2c(=O)n(C)c(=O)n3C)cc(OC)c1OC(C)=O. The predicted octanol–water partition coefficient (Wildman–Crippen LogP) is -0.473. The Labute approximate surface area is 186 Å². The van der Waals surface area contributed by atoms with E-state index in [4.69, 9.17) is 14.2 Å². The van der Waals surface area contributed by atoms with E-state index in [1.54, 1.807) is 12.1 Å². The summed E-state index contributed by atoms with van der Waals surface area (Å²) >= 11 is 0. The third kappa shape index (κ3) is 4.61. The van der Waals surface area contributed by atoms with E-state index < -0.39 is 23.1 Å². The number of ether oxygens (including phenoxy) is 3. The normalized spacial score (nSPS) is 11.1. The minimum atomic E-state index is -0.561. The molecule has 0 aliphatic carbocycles. The van der Waals surface area contributed by atoms with Crippen LogP contribution in [0.3, 0.4) is 0 Å². The number of amides is 1. The molecule has 0 saturated heterocycles. The van der Waals surface area contributed by atoms with Gasteiger partial charge in [-0.15, -0.1) is 0 Å². The van der Waals surface area contributed by atoms with Crippen molar-refractivity contribution in [2.45, 2.75) is 13.5 Å². The van der Waals surface area contributed by atoms with Crippen molar-refractivity contribution < 1.29 is 23.8 Å². The predicted molar refractivity (Wildman–Crippen MR) is 117 cm³/mol. The van der Waals surface area contributed by atoms with Crippen molar-refractivity contribution >= 4 is 29.3 Å². The second-order valence-corrected chi connectivity index (χ2v) is 6.89. The molecular weight excluding hydrogens is 436 g/mol. The van der Waals surface area contributed by atoms with Crippen LogP contribution in [-0.2, 0) is 30.2 Å². The lowest BCUT2D eigenvalue weighted by molar-refractivity contribution is -0.132. The fraction of sp³-hybridized carbons (Fsp3) is 0.300. The smallest absolute Gasteiger partial charge is 0.332 e. The Balaban J connectivity index is 1.79. The number of carbonyl (C=O) groups is 2. The number of carbonyl (C=O) groups excluding carboxylic acids is 2. The van der Waals surface area contributed by atoms with Gasteiger partial charge in [0.2, 0.25) is 5.75 Å². The van der Waals surface area contributed by atoms with Crippen molar-refractivity contribution in [2.75, 3.05) is 14.2 Å². The summed E-state index contributed by atoms with van der Waals surface area (Å²) in [5.74, 6) is -0.469. The summed E-state index contributed by atoms with van der Waals surface area (Å²) in [6.07, 6.45) is 2.65. The number of rotatable bonds is 7. The standard InChI is InChI=1S/C20H22N6O7/c1-11(27)33-17-13(31-4)6-12(7-14(17)32-5)8-22-23-15(28)9-26-10-21-18-16(26)19(29)25(3)20(30)24(18)2/h6-8,10H,9H2,1-5H3,(H,23,28). The maximum absolute atomic E-state index is 12.5. The van der Waals surface area contributed by atoms with Gasteiger partial charge in [-0.25, -0.2) is 15.2 Å². The Kier molecular flexibility index (Phi) is 6.61. The topological polar surface area (TPSA) is 148 Å². The van der Waals surface area contributed by atoms with Gasteiger partial charge in [-0.2, -0.15) is 5.10 Å². The number of hydrazone groups is 1. The largest absolute Gasteiger partial charge is 0.493 e. The Hall–Kier alpha value is -4.42. The van der Waals surface area contributed by atoms with Crippen LogP contribution in [-0.4, -0.2) is 51.0 Å². The minimum absolute atomic E-state index is 0.120. The number of benzene rings is 1. The number of fused-ring (bicyclic) bond motifs is 1. The average molecular weight is 458 g/mol. The molecular formula is C20H22N6O7.